The van der Waals surface area contributed by atoms with Crippen molar-refractivity contribution in [3.63, 3.8) is 0 Å². The second-order valence-corrected chi connectivity index (χ2v) is 6.89. The Kier molecular flexibility index (Phi) is 11.8. The van der Waals surface area contributed by atoms with Crippen molar-refractivity contribution in [2.24, 2.45) is 5.73 Å². The molecule has 2 aromatic heterocycles. The molecule has 0 saturated carbocycles. The van der Waals surface area contributed by atoms with E-state index >= 15 is 0 Å². The highest BCUT2D eigenvalue weighted by Crippen LogP contribution is 2.30. The van der Waals surface area contributed by atoms with Crippen molar-refractivity contribution in [3.05, 3.63) is 36.3 Å². The number of hydrogen-bond donors (Lipinski definition) is 1. The van der Waals surface area contributed by atoms with Crippen molar-refractivity contribution in [1.29, 1.82) is 0 Å². The number of hydrogen-bond acceptors (Lipinski definition) is 5. The molecule has 0 bridgehead atoms. The van der Waals surface area contributed by atoms with Gasteiger partial charge in [-0.15, -0.1) is 0 Å². The number of ether oxygens (including phenoxy) is 1. The summed E-state index contributed by atoms with van der Waals surface area (Å²) in [5.74, 6) is 2.51. The van der Waals surface area contributed by atoms with Crippen LogP contribution >= 0.6 is 11.8 Å². The second kappa shape index (κ2) is 13.8. The molecule has 1 aliphatic rings. The van der Waals surface area contributed by atoms with Crippen LogP contribution in [-0.4, -0.2) is 41.2 Å². The van der Waals surface area contributed by atoms with Crippen LogP contribution in [0.4, 0.5) is 10.6 Å². The maximum atomic E-state index is 11.5. The van der Waals surface area contributed by atoms with Gasteiger partial charge in [0.15, 0.2) is 0 Å². The Morgan fingerprint density at radius 2 is 1.90 bits per heavy atom. The third-order valence-electron chi connectivity index (χ3n) is 4.10. The molecule has 2 N–H and O–H groups in total. The third kappa shape index (κ3) is 7.24. The number of rotatable bonds is 6. The topological polar surface area (TPSA) is 81.3 Å². The highest BCUT2D eigenvalue weighted by molar-refractivity contribution is 7.98. The number of amides is 2. The monoisotopic (exact) mass is 418 g/mol. The molecule has 29 heavy (non-hydrogen) atoms. The average molecular weight is 419 g/mol. The molecule has 0 saturated heterocycles. The normalized spacial score (nSPS) is 12.0. The number of primary amides is 1. The SMILES string of the molecule is CC.CC.CSCCCOc1cncc(-c2cnc3c(c2)CCCN3C(N)=O)c1. The van der Waals surface area contributed by atoms with Crippen LogP contribution in [0, 0.1) is 0 Å². The fraction of sp³-hybridized carbons (Fsp3) is 0.500. The Morgan fingerprint density at radius 1 is 1.17 bits per heavy atom. The molecule has 0 radical (unpaired) electrons. The number of aryl methyl sites for hydroxylation is 1. The molecule has 160 valence electrons. The molecule has 1 aliphatic heterocycles. The van der Waals surface area contributed by atoms with Gasteiger partial charge in [0.1, 0.15) is 11.6 Å². The maximum Gasteiger partial charge on any atom is 0.320 e. The van der Waals surface area contributed by atoms with Crippen LogP contribution in [-0.2, 0) is 6.42 Å². The zero-order valence-electron chi connectivity index (χ0n) is 18.3. The summed E-state index contributed by atoms with van der Waals surface area (Å²) in [5, 5.41) is 0. The van der Waals surface area contributed by atoms with Gasteiger partial charge in [-0.25, -0.2) is 9.78 Å². The molecule has 2 amide bonds. The van der Waals surface area contributed by atoms with Crippen LogP contribution in [0.15, 0.2) is 30.7 Å². The second-order valence-electron chi connectivity index (χ2n) is 5.90. The summed E-state index contributed by atoms with van der Waals surface area (Å²) in [6.45, 7) is 9.30. The number of pyridine rings is 2. The van der Waals surface area contributed by atoms with E-state index in [-0.39, 0.29) is 0 Å². The van der Waals surface area contributed by atoms with E-state index in [1.54, 1.807) is 18.6 Å². The lowest BCUT2D eigenvalue weighted by molar-refractivity contribution is 0.253. The van der Waals surface area contributed by atoms with E-state index in [1.807, 2.05) is 45.5 Å². The van der Waals surface area contributed by atoms with Crippen LogP contribution in [0.1, 0.15) is 46.1 Å². The van der Waals surface area contributed by atoms with E-state index in [1.165, 1.54) is 4.90 Å². The predicted octanol–water partition coefficient (Wildman–Crippen LogP) is 5.16. The van der Waals surface area contributed by atoms with E-state index in [2.05, 4.69) is 22.3 Å². The van der Waals surface area contributed by atoms with E-state index in [4.69, 9.17) is 10.5 Å². The summed E-state index contributed by atoms with van der Waals surface area (Å²) < 4.78 is 5.77. The summed E-state index contributed by atoms with van der Waals surface area (Å²) in [6, 6.07) is 3.58. The van der Waals surface area contributed by atoms with Gasteiger partial charge >= 0.3 is 6.03 Å². The van der Waals surface area contributed by atoms with E-state index in [9.17, 15) is 4.79 Å². The molecule has 0 aliphatic carbocycles. The molecule has 6 nitrogen and oxygen atoms in total. The first-order valence-electron chi connectivity index (χ1n) is 10.3. The minimum atomic E-state index is -0.455. The first-order valence-corrected chi connectivity index (χ1v) is 11.7. The zero-order valence-corrected chi connectivity index (χ0v) is 19.1. The van der Waals surface area contributed by atoms with Crippen molar-refractivity contribution in [1.82, 2.24) is 9.97 Å². The summed E-state index contributed by atoms with van der Waals surface area (Å²) >= 11 is 1.81. The predicted molar refractivity (Wildman–Crippen MR) is 124 cm³/mol. The summed E-state index contributed by atoms with van der Waals surface area (Å²) in [4.78, 5) is 21.8. The Morgan fingerprint density at radius 3 is 2.59 bits per heavy atom. The lowest BCUT2D eigenvalue weighted by Crippen LogP contribution is -2.40. The van der Waals surface area contributed by atoms with Gasteiger partial charge in [0.05, 0.1) is 12.8 Å². The first kappa shape index (κ1) is 24.8. The van der Waals surface area contributed by atoms with Crippen LogP contribution in [0.25, 0.3) is 11.1 Å². The van der Waals surface area contributed by atoms with Crippen molar-refractivity contribution in [3.8, 4) is 16.9 Å². The van der Waals surface area contributed by atoms with Gasteiger partial charge in [-0.3, -0.25) is 9.88 Å². The molecule has 0 unspecified atom stereocenters. The van der Waals surface area contributed by atoms with Crippen LogP contribution in [0.5, 0.6) is 5.75 Å². The molecule has 0 aromatic carbocycles. The van der Waals surface area contributed by atoms with Gasteiger partial charge in [0.25, 0.3) is 0 Å². The van der Waals surface area contributed by atoms with Crippen LogP contribution in [0.2, 0.25) is 0 Å². The van der Waals surface area contributed by atoms with E-state index in [0.717, 1.165) is 47.5 Å². The largest absolute Gasteiger partial charge is 0.492 e. The molecular formula is C22H34N4O2S. The highest BCUT2D eigenvalue weighted by atomic mass is 32.2. The number of nitrogens with zero attached hydrogens (tertiary/aromatic N) is 3. The fourth-order valence-corrected chi connectivity index (χ4v) is 3.29. The molecule has 0 atom stereocenters. The Hall–Kier alpha value is -2.28. The van der Waals surface area contributed by atoms with Gasteiger partial charge in [0, 0.05) is 30.1 Å². The number of anilines is 1. The number of carbonyl (C=O) groups is 1. The third-order valence-corrected chi connectivity index (χ3v) is 4.80. The minimum absolute atomic E-state index is 0.455. The molecule has 0 fully saturated rings. The molecular weight excluding hydrogens is 384 g/mol. The average Bonchev–Trinajstić information content (AvgIpc) is 2.79. The van der Waals surface area contributed by atoms with Crippen molar-refractivity contribution in [2.75, 3.05) is 30.1 Å². The fourth-order valence-electron chi connectivity index (χ4n) is 2.89. The maximum absolute atomic E-state index is 11.5. The molecule has 3 rings (SSSR count). The Balaban J connectivity index is 0.000000989. The molecule has 2 aromatic rings. The van der Waals surface area contributed by atoms with Crippen molar-refractivity contribution in [2.45, 2.75) is 47.0 Å². The summed E-state index contributed by atoms with van der Waals surface area (Å²) in [7, 11) is 0. The Bertz CT molecular complexity index is 755. The summed E-state index contributed by atoms with van der Waals surface area (Å²) in [6.07, 6.45) is 10.2. The van der Waals surface area contributed by atoms with Gasteiger partial charge in [0.2, 0.25) is 0 Å². The summed E-state index contributed by atoms with van der Waals surface area (Å²) in [5.41, 5.74) is 8.39. The van der Waals surface area contributed by atoms with Crippen LogP contribution < -0.4 is 15.4 Å². The molecule has 7 heteroatoms. The van der Waals surface area contributed by atoms with Gasteiger partial charge in [-0.2, -0.15) is 11.8 Å². The number of carbonyl (C=O) groups excluding carboxylic acids is 1. The number of nitrogens with two attached hydrogens (primary N) is 1. The molecule has 3 heterocycles. The van der Waals surface area contributed by atoms with E-state index in [0.29, 0.717) is 19.0 Å². The first-order chi connectivity index (χ1) is 14.2. The molecule has 0 spiro atoms. The lowest BCUT2D eigenvalue weighted by Gasteiger charge is -2.26. The van der Waals surface area contributed by atoms with Crippen molar-refractivity contribution >= 4 is 23.6 Å². The van der Waals surface area contributed by atoms with Gasteiger partial charge < -0.3 is 10.5 Å². The van der Waals surface area contributed by atoms with Crippen LogP contribution in [0.3, 0.4) is 0 Å². The lowest BCUT2D eigenvalue weighted by atomic mass is 10.0. The minimum Gasteiger partial charge on any atom is -0.492 e. The van der Waals surface area contributed by atoms with E-state index < -0.39 is 6.03 Å². The smallest absolute Gasteiger partial charge is 0.320 e. The number of fused-ring (bicyclic) bond motifs is 1. The Labute approximate surface area is 179 Å². The number of thioether (sulfide) groups is 1. The number of urea groups is 1. The van der Waals surface area contributed by atoms with Gasteiger partial charge in [-0.05, 0) is 49.0 Å². The van der Waals surface area contributed by atoms with Gasteiger partial charge in [-0.1, -0.05) is 27.7 Å². The standard InChI is InChI=1S/C18H22N4O2S.2C2H6/c1-25-7-3-6-24-16-9-15(10-20-12-16)14-8-13-4-2-5-22(18(19)23)17(13)21-11-14;2*1-2/h8-12H,2-7H2,1H3,(H2,19,23);2*1-2H3. The number of aromatic nitrogens is 2. The van der Waals surface area contributed by atoms with Crippen molar-refractivity contribution < 1.29 is 9.53 Å². The zero-order chi connectivity index (χ0) is 21.6. The quantitative estimate of drug-likeness (QED) is 0.655. The highest BCUT2D eigenvalue weighted by Gasteiger charge is 2.22.